The Morgan fingerprint density at radius 2 is 2.13 bits per heavy atom. The SMILES string of the molecule is NCC(=CF)c1cccs1.NCC=CF. The lowest BCUT2D eigenvalue weighted by atomic mass is 10.2. The fraction of sp³-hybridized carbons (Fsp3) is 0.200. The second-order valence-corrected chi connectivity index (χ2v) is 3.36. The molecule has 0 amide bonds. The summed E-state index contributed by atoms with van der Waals surface area (Å²) in [6, 6.07) is 3.72. The molecular weight excluding hydrogens is 218 g/mol. The van der Waals surface area contributed by atoms with Crippen LogP contribution in [0.25, 0.3) is 5.57 Å². The van der Waals surface area contributed by atoms with E-state index in [0.29, 0.717) is 18.2 Å². The van der Waals surface area contributed by atoms with Crippen LogP contribution in [0.4, 0.5) is 8.78 Å². The lowest BCUT2D eigenvalue weighted by molar-refractivity contribution is 0.717. The third-order valence-electron chi connectivity index (χ3n) is 1.41. The predicted octanol–water partition coefficient (Wildman–Crippen LogP) is 2.45. The van der Waals surface area contributed by atoms with Gasteiger partial charge >= 0.3 is 0 Å². The van der Waals surface area contributed by atoms with Crippen LogP contribution in [0.15, 0.2) is 36.2 Å². The molecule has 0 saturated carbocycles. The van der Waals surface area contributed by atoms with Gasteiger partial charge in [-0.15, -0.1) is 11.3 Å². The van der Waals surface area contributed by atoms with Gasteiger partial charge in [-0.05, 0) is 17.5 Å². The van der Waals surface area contributed by atoms with Crippen LogP contribution in [0.2, 0.25) is 0 Å². The number of rotatable bonds is 3. The predicted molar refractivity (Wildman–Crippen MR) is 61.8 cm³/mol. The smallest absolute Gasteiger partial charge is 0.0925 e. The van der Waals surface area contributed by atoms with E-state index in [1.54, 1.807) is 0 Å². The Bertz CT molecular complexity index is 294. The minimum Gasteiger partial charge on any atom is -0.327 e. The summed E-state index contributed by atoms with van der Waals surface area (Å²) in [6.07, 6.45) is 2.23. The topological polar surface area (TPSA) is 52.0 Å². The molecule has 4 N–H and O–H groups in total. The van der Waals surface area contributed by atoms with Crippen molar-refractivity contribution >= 4 is 16.9 Å². The third-order valence-corrected chi connectivity index (χ3v) is 2.36. The molecule has 15 heavy (non-hydrogen) atoms. The van der Waals surface area contributed by atoms with Crippen LogP contribution in [-0.2, 0) is 0 Å². The molecule has 0 bridgehead atoms. The van der Waals surface area contributed by atoms with Crippen LogP contribution in [0.3, 0.4) is 0 Å². The minimum atomic E-state index is 0.261. The maximum atomic E-state index is 12.0. The molecular formula is C10H14F2N2S. The fourth-order valence-electron chi connectivity index (χ4n) is 0.712. The first-order valence-electron chi connectivity index (χ1n) is 4.28. The normalized spacial score (nSPS) is 11.3. The molecule has 0 aliphatic rings. The van der Waals surface area contributed by atoms with Crippen molar-refractivity contribution in [1.82, 2.24) is 0 Å². The maximum absolute atomic E-state index is 12.0. The Labute approximate surface area is 91.9 Å². The molecule has 0 aliphatic carbocycles. The molecule has 5 heteroatoms. The van der Waals surface area contributed by atoms with Crippen LogP contribution in [0, 0.1) is 0 Å². The van der Waals surface area contributed by atoms with Gasteiger partial charge in [0.05, 0.1) is 12.7 Å². The number of hydrogen-bond acceptors (Lipinski definition) is 3. The number of hydrogen-bond donors (Lipinski definition) is 2. The molecule has 1 aromatic rings. The van der Waals surface area contributed by atoms with Crippen molar-refractivity contribution in [3.05, 3.63) is 41.1 Å². The molecule has 2 nitrogen and oxygen atoms in total. The number of nitrogens with two attached hydrogens (primary N) is 2. The molecule has 1 heterocycles. The second-order valence-electron chi connectivity index (χ2n) is 2.41. The van der Waals surface area contributed by atoms with E-state index in [1.165, 1.54) is 17.4 Å². The first kappa shape index (κ1) is 14.0. The van der Waals surface area contributed by atoms with Gasteiger partial charge in [0.25, 0.3) is 0 Å². The van der Waals surface area contributed by atoms with Gasteiger partial charge in [-0.1, -0.05) is 6.07 Å². The Morgan fingerprint density at radius 3 is 2.40 bits per heavy atom. The lowest BCUT2D eigenvalue weighted by Gasteiger charge is -1.94. The van der Waals surface area contributed by atoms with Crippen molar-refractivity contribution in [2.75, 3.05) is 13.1 Å². The first-order chi connectivity index (χ1) is 7.29. The van der Waals surface area contributed by atoms with Crippen LogP contribution in [0.1, 0.15) is 4.88 Å². The third kappa shape index (κ3) is 6.11. The molecule has 0 fully saturated rings. The van der Waals surface area contributed by atoms with Crippen LogP contribution in [0.5, 0.6) is 0 Å². The number of halogens is 2. The van der Waals surface area contributed by atoms with E-state index in [1.807, 2.05) is 17.5 Å². The van der Waals surface area contributed by atoms with Gasteiger partial charge < -0.3 is 11.5 Å². The number of thiophene rings is 1. The van der Waals surface area contributed by atoms with E-state index < -0.39 is 0 Å². The summed E-state index contributed by atoms with van der Waals surface area (Å²) in [7, 11) is 0. The van der Waals surface area contributed by atoms with Gasteiger partial charge in [0.15, 0.2) is 0 Å². The average molecular weight is 232 g/mol. The van der Waals surface area contributed by atoms with Gasteiger partial charge in [0, 0.05) is 23.5 Å². The van der Waals surface area contributed by atoms with E-state index >= 15 is 0 Å². The average Bonchev–Trinajstić information content (AvgIpc) is 2.75. The van der Waals surface area contributed by atoms with E-state index in [4.69, 9.17) is 11.5 Å². The van der Waals surface area contributed by atoms with Crippen molar-refractivity contribution in [3.8, 4) is 0 Å². The summed E-state index contributed by atoms with van der Waals surface area (Å²) in [6.45, 7) is 0.549. The Kier molecular flexibility index (Phi) is 8.85. The summed E-state index contributed by atoms with van der Waals surface area (Å²) < 4.78 is 22.7. The molecule has 1 aromatic heterocycles. The van der Waals surface area contributed by atoms with Crippen molar-refractivity contribution in [1.29, 1.82) is 0 Å². The Morgan fingerprint density at radius 1 is 1.40 bits per heavy atom. The van der Waals surface area contributed by atoms with Crippen molar-refractivity contribution in [2.24, 2.45) is 11.5 Å². The molecule has 0 spiro atoms. The van der Waals surface area contributed by atoms with E-state index in [2.05, 4.69) is 0 Å². The van der Waals surface area contributed by atoms with Gasteiger partial charge in [0.2, 0.25) is 0 Å². The van der Waals surface area contributed by atoms with Gasteiger partial charge in [0.1, 0.15) is 0 Å². The summed E-state index contributed by atoms with van der Waals surface area (Å²) in [4.78, 5) is 0.907. The monoisotopic (exact) mass is 232 g/mol. The van der Waals surface area contributed by atoms with Crippen molar-refractivity contribution in [3.63, 3.8) is 0 Å². The summed E-state index contributed by atoms with van der Waals surface area (Å²) >= 11 is 1.49. The largest absolute Gasteiger partial charge is 0.327 e. The molecule has 0 aromatic carbocycles. The zero-order valence-electron chi connectivity index (χ0n) is 8.20. The van der Waals surface area contributed by atoms with E-state index in [9.17, 15) is 8.78 Å². The highest BCUT2D eigenvalue weighted by Gasteiger charge is 1.98. The fourth-order valence-corrected chi connectivity index (χ4v) is 1.45. The molecule has 84 valence electrons. The van der Waals surface area contributed by atoms with Crippen LogP contribution < -0.4 is 11.5 Å². The van der Waals surface area contributed by atoms with Crippen molar-refractivity contribution in [2.45, 2.75) is 0 Å². The molecule has 0 atom stereocenters. The maximum Gasteiger partial charge on any atom is 0.0925 e. The van der Waals surface area contributed by atoms with Crippen LogP contribution in [-0.4, -0.2) is 13.1 Å². The van der Waals surface area contributed by atoms with Gasteiger partial charge in [-0.2, -0.15) is 0 Å². The minimum absolute atomic E-state index is 0.261. The highest BCUT2D eigenvalue weighted by molar-refractivity contribution is 7.11. The lowest BCUT2D eigenvalue weighted by Crippen LogP contribution is -1.99. The van der Waals surface area contributed by atoms with Gasteiger partial charge in [-0.3, -0.25) is 0 Å². The second kappa shape index (κ2) is 9.51. The first-order valence-corrected chi connectivity index (χ1v) is 5.16. The summed E-state index contributed by atoms with van der Waals surface area (Å²) in [5.74, 6) is 0. The standard InChI is InChI=1S/C7H8FNS.C3H6FN/c8-4-6(5-9)7-2-1-3-10-7;4-2-1-3-5/h1-4H,5,9H2;1-2H,3,5H2. The quantitative estimate of drug-likeness (QED) is 0.841. The molecule has 0 unspecified atom stereocenters. The molecule has 0 aliphatic heterocycles. The molecule has 1 rings (SSSR count). The highest BCUT2D eigenvalue weighted by atomic mass is 32.1. The zero-order chi connectivity index (χ0) is 11.5. The van der Waals surface area contributed by atoms with E-state index in [0.717, 1.165) is 4.88 Å². The molecule has 0 saturated heterocycles. The van der Waals surface area contributed by atoms with E-state index in [-0.39, 0.29) is 13.1 Å². The zero-order valence-corrected chi connectivity index (χ0v) is 9.01. The van der Waals surface area contributed by atoms with Gasteiger partial charge in [-0.25, -0.2) is 8.78 Å². The summed E-state index contributed by atoms with van der Waals surface area (Å²) in [5.41, 5.74) is 10.6. The Hall–Kier alpha value is -1.04. The molecule has 0 radical (unpaired) electrons. The highest BCUT2D eigenvalue weighted by Crippen LogP contribution is 2.18. The Balaban J connectivity index is 0.000000336. The van der Waals surface area contributed by atoms with Crippen molar-refractivity contribution < 1.29 is 8.78 Å². The summed E-state index contributed by atoms with van der Waals surface area (Å²) in [5, 5.41) is 1.90. The van der Waals surface area contributed by atoms with Crippen LogP contribution >= 0.6 is 11.3 Å².